The van der Waals surface area contributed by atoms with Crippen LogP contribution in [-0.4, -0.2) is 17.4 Å². The number of aromatic nitrogens is 1. The molecule has 0 aliphatic heterocycles. The van der Waals surface area contributed by atoms with E-state index >= 15 is 0 Å². The highest BCUT2D eigenvalue weighted by Crippen LogP contribution is 2.04. The maximum absolute atomic E-state index is 11.7. The van der Waals surface area contributed by atoms with Crippen molar-refractivity contribution in [3.63, 3.8) is 0 Å². The molecular formula is C15H21N3O. The fourth-order valence-electron chi connectivity index (χ4n) is 1.79. The molecule has 0 aliphatic rings. The second-order valence-corrected chi connectivity index (χ2v) is 4.57. The number of amides is 1. The second-order valence-electron chi connectivity index (χ2n) is 4.57. The van der Waals surface area contributed by atoms with Crippen LogP contribution in [0.2, 0.25) is 0 Å². The normalized spacial score (nSPS) is 9.89. The van der Waals surface area contributed by atoms with E-state index < -0.39 is 0 Å². The van der Waals surface area contributed by atoms with Crippen LogP contribution in [0.4, 0.5) is 0 Å². The summed E-state index contributed by atoms with van der Waals surface area (Å²) < 4.78 is 0. The molecule has 0 saturated carbocycles. The Kier molecular flexibility index (Phi) is 7.26. The van der Waals surface area contributed by atoms with Crippen LogP contribution in [-0.2, 0) is 0 Å². The Morgan fingerprint density at radius 1 is 1.26 bits per heavy atom. The molecule has 1 rings (SSSR count). The number of nitrogens with one attached hydrogen (secondary N) is 1. The summed E-state index contributed by atoms with van der Waals surface area (Å²) in [7, 11) is 0. The minimum Gasteiger partial charge on any atom is -0.351 e. The van der Waals surface area contributed by atoms with Gasteiger partial charge in [0.2, 0.25) is 0 Å². The zero-order chi connectivity index (χ0) is 13.9. The Balaban J connectivity index is 2.18. The molecule has 0 unspecified atom stereocenters. The Hall–Kier alpha value is -1.89. The Bertz CT molecular complexity index is 420. The molecule has 0 aliphatic carbocycles. The van der Waals surface area contributed by atoms with Crippen LogP contribution in [0.25, 0.3) is 0 Å². The predicted octanol–water partition coefficient (Wildman–Crippen LogP) is 3.04. The molecule has 1 aromatic heterocycles. The van der Waals surface area contributed by atoms with Crippen molar-refractivity contribution in [1.29, 1.82) is 5.26 Å². The third-order valence-corrected chi connectivity index (χ3v) is 2.94. The zero-order valence-electron chi connectivity index (χ0n) is 11.5. The maximum atomic E-state index is 11.7. The Labute approximate surface area is 114 Å². The average Bonchev–Trinajstić information content (AvgIpc) is 2.46. The highest BCUT2D eigenvalue weighted by Gasteiger charge is 2.05. The lowest BCUT2D eigenvalue weighted by Crippen LogP contribution is -2.25. The van der Waals surface area contributed by atoms with Gasteiger partial charge >= 0.3 is 0 Å². The van der Waals surface area contributed by atoms with E-state index in [0.717, 1.165) is 12.8 Å². The van der Waals surface area contributed by atoms with Crippen molar-refractivity contribution in [2.75, 3.05) is 6.54 Å². The van der Waals surface area contributed by atoms with E-state index in [-0.39, 0.29) is 5.91 Å². The van der Waals surface area contributed by atoms with Gasteiger partial charge in [-0.05, 0) is 18.6 Å². The molecule has 1 N–H and O–H groups in total. The molecule has 4 heteroatoms. The van der Waals surface area contributed by atoms with Gasteiger partial charge in [-0.25, -0.2) is 4.98 Å². The number of pyridine rings is 1. The molecule has 1 aromatic rings. The molecule has 0 spiro atoms. The molecule has 0 bridgehead atoms. The number of rotatable bonds is 8. The molecule has 0 saturated heterocycles. The van der Waals surface area contributed by atoms with E-state index in [1.807, 2.05) is 6.07 Å². The van der Waals surface area contributed by atoms with Crippen LogP contribution >= 0.6 is 0 Å². The van der Waals surface area contributed by atoms with E-state index in [1.54, 1.807) is 12.1 Å². The van der Waals surface area contributed by atoms with Gasteiger partial charge in [-0.1, -0.05) is 39.0 Å². The predicted molar refractivity (Wildman–Crippen MR) is 74.7 cm³/mol. The van der Waals surface area contributed by atoms with Crippen LogP contribution in [0, 0.1) is 11.3 Å². The van der Waals surface area contributed by atoms with Gasteiger partial charge in [0.25, 0.3) is 5.91 Å². The highest BCUT2D eigenvalue weighted by atomic mass is 16.1. The minimum absolute atomic E-state index is 0.168. The number of carbonyl (C=O) groups excluding carboxylic acids is 1. The van der Waals surface area contributed by atoms with Gasteiger partial charge in [-0.2, -0.15) is 5.26 Å². The molecule has 19 heavy (non-hydrogen) atoms. The van der Waals surface area contributed by atoms with E-state index in [1.165, 1.54) is 31.9 Å². The number of hydrogen-bond donors (Lipinski definition) is 1. The van der Waals surface area contributed by atoms with Gasteiger partial charge < -0.3 is 5.32 Å². The van der Waals surface area contributed by atoms with E-state index in [2.05, 4.69) is 17.2 Å². The summed E-state index contributed by atoms with van der Waals surface area (Å²) in [6.07, 6.45) is 8.63. The van der Waals surface area contributed by atoms with Crippen molar-refractivity contribution in [3.05, 3.63) is 29.6 Å². The molecular weight excluding hydrogens is 238 g/mol. The van der Waals surface area contributed by atoms with Gasteiger partial charge in [-0.3, -0.25) is 4.79 Å². The van der Waals surface area contributed by atoms with Crippen molar-refractivity contribution in [2.24, 2.45) is 0 Å². The largest absolute Gasteiger partial charge is 0.351 e. The topological polar surface area (TPSA) is 65.8 Å². The maximum Gasteiger partial charge on any atom is 0.269 e. The zero-order valence-corrected chi connectivity index (χ0v) is 11.5. The number of nitriles is 1. The number of nitrogens with zero attached hydrogens (tertiary/aromatic N) is 2. The quantitative estimate of drug-likeness (QED) is 0.730. The van der Waals surface area contributed by atoms with Crippen LogP contribution in [0.5, 0.6) is 0 Å². The van der Waals surface area contributed by atoms with E-state index in [9.17, 15) is 4.79 Å². The van der Waals surface area contributed by atoms with Crippen LogP contribution in [0.1, 0.15) is 61.5 Å². The lowest BCUT2D eigenvalue weighted by Gasteiger charge is -2.04. The van der Waals surface area contributed by atoms with Gasteiger partial charge in [0.1, 0.15) is 11.8 Å². The first kappa shape index (κ1) is 15.2. The van der Waals surface area contributed by atoms with E-state index in [0.29, 0.717) is 17.8 Å². The van der Waals surface area contributed by atoms with E-state index in [4.69, 9.17) is 5.26 Å². The fraction of sp³-hybridized carbons (Fsp3) is 0.533. The standard InChI is InChI=1S/C15H21N3O/c1-2-3-4-5-6-7-10-17-15(19)14-9-8-13(11-16)12-18-14/h8-9,12H,2-7,10H2,1H3,(H,17,19). The van der Waals surface area contributed by atoms with Crippen molar-refractivity contribution < 1.29 is 4.79 Å². The monoisotopic (exact) mass is 259 g/mol. The summed E-state index contributed by atoms with van der Waals surface area (Å²) in [4.78, 5) is 15.7. The molecule has 102 valence electrons. The Morgan fingerprint density at radius 2 is 2.00 bits per heavy atom. The molecule has 1 amide bonds. The summed E-state index contributed by atoms with van der Waals surface area (Å²) in [5, 5.41) is 11.5. The van der Waals surface area contributed by atoms with Crippen molar-refractivity contribution >= 4 is 5.91 Å². The molecule has 0 radical (unpaired) electrons. The average molecular weight is 259 g/mol. The second kappa shape index (κ2) is 9.09. The van der Waals surface area contributed by atoms with Crippen LogP contribution in [0.15, 0.2) is 18.3 Å². The Morgan fingerprint density at radius 3 is 2.63 bits per heavy atom. The smallest absolute Gasteiger partial charge is 0.269 e. The lowest BCUT2D eigenvalue weighted by atomic mass is 10.1. The SMILES string of the molecule is CCCCCCCCNC(=O)c1ccc(C#N)cn1. The van der Waals surface area contributed by atoms with Gasteiger partial charge in [0, 0.05) is 12.7 Å². The minimum atomic E-state index is -0.168. The summed E-state index contributed by atoms with van der Waals surface area (Å²) in [5.41, 5.74) is 0.831. The molecule has 4 nitrogen and oxygen atoms in total. The molecule has 1 heterocycles. The lowest BCUT2D eigenvalue weighted by molar-refractivity contribution is 0.0948. The third-order valence-electron chi connectivity index (χ3n) is 2.94. The van der Waals surface area contributed by atoms with Crippen LogP contribution in [0.3, 0.4) is 0 Å². The van der Waals surface area contributed by atoms with Gasteiger partial charge in [-0.15, -0.1) is 0 Å². The fourth-order valence-corrected chi connectivity index (χ4v) is 1.79. The van der Waals surface area contributed by atoms with Gasteiger partial charge in [0.05, 0.1) is 5.56 Å². The van der Waals surface area contributed by atoms with Crippen molar-refractivity contribution in [2.45, 2.75) is 45.4 Å². The molecule has 0 fully saturated rings. The summed E-state index contributed by atoms with van der Waals surface area (Å²) in [6.45, 7) is 2.89. The summed E-state index contributed by atoms with van der Waals surface area (Å²) in [6, 6.07) is 5.16. The summed E-state index contributed by atoms with van der Waals surface area (Å²) in [5.74, 6) is -0.168. The first-order valence-corrected chi connectivity index (χ1v) is 6.92. The molecule has 0 atom stereocenters. The third kappa shape index (κ3) is 6.01. The summed E-state index contributed by atoms with van der Waals surface area (Å²) >= 11 is 0. The molecule has 0 aromatic carbocycles. The number of carbonyl (C=O) groups is 1. The van der Waals surface area contributed by atoms with Gasteiger partial charge in [0.15, 0.2) is 0 Å². The first-order valence-electron chi connectivity index (χ1n) is 6.92. The highest BCUT2D eigenvalue weighted by molar-refractivity contribution is 5.92. The number of hydrogen-bond acceptors (Lipinski definition) is 3. The van der Waals surface area contributed by atoms with Crippen molar-refractivity contribution in [3.8, 4) is 6.07 Å². The first-order chi connectivity index (χ1) is 9.27. The number of unbranched alkanes of at least 4 members (excludes halogenated alkanes) is 5. The van der Waals surface area contributed by atoms with Crippen LogP contribution < -0.4 is 5.32 Å². The van der Waals surface area contributed by atoms with Crippen molar-refractivity contribution in [1.82, 2.24) is 10.3 Å².